The summed E-state index contributed by atoms with van der Waals surface area (Å²) in [5.41, 5.74) is -0.825. The van der Waals surface area contributed by atoms with Gasteiger partial charge in [0.05, 0.1) is 0 Å². The monoisotopic (exact) mass is 261 g/mol. The van der Waals surface area contributed by atoms with Crippen LogP contribution in [0.5, 0.6) is 0 Å². The molecule has 0 aromatic carbocycles. The molecule has 6 heteroatoms. The molecule has 1 aliphatic rings. The van der Waals surface area contributed by atoms with Gasteiger partial charge in [-0.05, 0) is 18.8 Å². The van der Waals surface area contributed by atoms with Crippen LogP contribution in [0, 0.1) is 5.41 Å². The van der Waals surface area contributed by atoms with Crippen LogP contribution in [0.3, 0.4) is 0 Å². The Labute approximate surface area is 102 Å². The van der Waals surface area contributed by atoms with E-state index in [0.29, 0.717) is 12.8 Å². The van der Waals surface area contributed by atoms with Crippen molar-refractivity contribution in [2.75, 3.05) is 0 Å². The number of hydrogen-bond acceptors (Lipinski definition) is 3. The van der Waals surface area contributed by atoms with E-state index in [2.05, 4.69) is 11.9 Å². The molecule has 1 aliphatic heterocycles. The topological polar surface area (TPSA) is 97.9 Å². The zero-order valence-corrected chi connectivity index (χ0v) is 10.6. The van der Waals surface area contributed by atoms with Gasteiger partial charge in [-0.3, -0.25) is 4.55 Å². The van der Waals surface area contributed by atoms with E-state index >= 15 is 0 Å². The Bertz CT molecular complexity index is 399. The summed E-state index contributed by atoms with van der Waals surface area (Å²) in [5.74, 6) is 0. The highest BCUT2D eigenvalue weighted by Crippen LogP contribution is 2.35. The fraction of sp³-hybridized carbons (Fsp3) is 0.455. The van der Waals surface area contributed by atoms with E-state index in [4.69, 9.17) is 0 Å². The summed E-state index contributed by atoms with van der Waals surface area (Å²) in [5, 5.41) is 1.96. The average molecular weight is 261 g/mol. The molecule has 0 aromatic rings. The number of nitrogens with one attached hydrogen (secondary N) is 1. The Morgan fingerprint density at radius 3 is 2.35 bits per heavy atom. The summed E-state index contributed by atoms with van der Waals surface area (Å²) in [4.78, 5) is 0. The van der Waals surface area contributed by atoms with Gasteiger partial charge in [0.2, 0.25) is 0 Å². The van der Waals surface area contributed by atoms with Gasteiger partial charge in [-0.1, -0.05) is 31.6 Å². The van der Waals surface area contributed by atoms with Crippen LogP contribution < -0.4 is 5.32 Å². The lowest BCUT2D eigenvalue weighted by Crippen LogP contribution is -2.38. The first-order valence-electron chi connectivity index (χ1n) is 5.17. The van der Waals surface area contributed by atoms with Crippen molar-refractivity contribution in [3.05, 3.63) is 37.2 Å². The Morgan fingerprint density at radius 1 is 1.47 bits per heavy atom. The van der Waals surface area contributed by atoms with Gasteiger partial charge in [-0.25, -0.2) is 0 Å². The molecule has 0 aromatic heterocycles. The molecule has 1 unspecified atom stereocenters. The van der Waals surface area contributed by atoms with Crippen molar-refractivity contribution < 1.29 is 18.4 Å². The maximum Gasteiger partial charge on any atom is 0.269 e. The lowest BCUT2D eigenvalue weighted by Gasteiger charge is -2.32. The van der Waals surface area contributed by atoms with Crippen LogP contribution in [0.4, 0.5) is 0 Å². The molecule has 1 heterocycles. The molecule has 0 spiro atoms. The summed E-state index contributed by atoms with van der Waals surface area (Å²) in [6.07, 6.45) is 9.32. The van der Waals surface area contributed by atoms with Gasteiger partial charge in [0, 0.05) is 5.41 Å². The van der Waals surface area contributed by atoms with Crippen LogP contribution in [0.1, 0.15) is 19.8 Å². The van der Waals surface area contributed by atoms with E-state index in [1.807, 2.05) is 6.92 Å². The van der Waals surface area contributed by atoms with Gasteiger partial charge in [0.25, 0.3) is 10.1 Å². The van der Waals surface area contributed by atoms with Crippen LogP contribution in [-0.2, 0) is 10.1 Å². The van der Waals surface area contributed by atoms with Crippen LogP contribution in [0.25, 0.3) is 0 Å². The lowest BCUT2D eigenvalue weighted by atomic mass is 9.81. The van der Waals surface area contributed by atoms with E-state index in [1.165, 1.54) is 0 Å². The van der Waals surface area contributed by atoms with E-state index in [-0.39, 0.29) is 5.48 Å². The van der Waals surface area contributed by atoms with Gasteiger partial charge in [0.1, 0.15) is 5.25 Å². The third-order valence-electron chi connectivity index (χ3n) is 2.76. The minimum absolute atomic E-state index is 0. The van der Waals surface area contributed by atoms with Crippen molar-refractivity contribution in [3.63, 3.8) is 0 Å². The minimum atomic E-state index is -4.10. The lowest BCUT2D eigenvalue weighted by molar-refractivity contribution is 0.421. The Balaban J connectivity index is 0.00000256. The third-order valence-corrected chi connectivity index (χ3v) is 4.12. The van der Waals surface area contributed by atoms with Crippen molar-refractivity contribution in [3.8, 4) is 0 Å². The normalized spacial score (nSPS) is 18.9. The molecule has 0 aliphatic carbocycles. The standard InChI is InChI=1S/C11H17NO3S.H2O/c1-3-5-10(16(13,14)15)11(4-2)6-8-12-9-7-11;/h4,6-10,12H,2-3,5H2,1H3,(H,13,14,15);1H2. The minimum Gasteiger partial charge on any atom is -0.412 e. The van der Waals surface area contributed by atoms with Gasteiger partial charge in [-0.2, -0.15) is 8.42 Å². The summed E-state index contributed by atoms with van der Waals surface area (Å²) in [6, 6.07) is 0. The predicted octanol–water partition coefficient (Wildman–Crippen LogP) is 1.02. The Hall–Kier alpha value is -1.11. The van der Waals surface area contributed by atoms with Crippen molar-refractivity contribution in [2.45, 2.75) is 25.0 Å². The van der Waals surface area contributed by atoms with Crippen LogP contribution in [0.15, 0.2) is 37.2 Å². The molecule has 4 N–H and O–H groups in total. The first kappa shape index (κ1) is 15.9. The SMILES string of the molecule is C=CC1(C(CCC)S(=O)(=O)O)C=CNC=C1.O. The molecular formula is C11H19NO4S. The van der Waals surface area contributed by atoms with E-state index < -0.39 is 20.8 Å². The second kappa shape index (κ2) is 6.00. The van der Waals surface area contributed by atoms with E-state index in [9.17, 15) is 13.0 Å². The highest BCUT2D eigenvalue weighted by molar-refractivity contribution is 7.86. The third kappa shape index (κ3) is 3.42. The molecular weight excluding hydrogens is 242 g/mol. The maximum atomic E-state index is 11.4. The fourth-order valence-electron chi connectivity index (χ4n) is 1.90. The van der Waals surface area contributed by atoms with E-state index in [0.717, 1.165) is 0 Å². The molecule has 98 valence electrons. The second-order valence-corrected chi connectivity index (χ2v) is 5.43. The highest BCUT2D eigenvalue weighted by atomic mass is 32.2. The largest absolute Gasteiger partial charge is 0.412 e. The molecule has 17 heavy (non-hydrogen) atoms. The maximum absolute atomic E-state index is 11.4. The molecule has 5 nitrogen and oxygen atoms in total. The molecule has 0 fully saturated rings. The Kier molecular flexibility index (Phi) is 5.60. The van der Waals surface area contributed by atoms with Gasteiger partial charge in [-0.15, -0.1) is 6.58 Å². The summed E-state index contributed by atoms with van der Waals surface area (Å²) < 4.78 is 32.1. The van der Waals surface area contributed by atoms with Crippen LogP contribution >= 0.6 is 0 Å². The number of allylic oxidation sites excluding steroid dienone is 3. The van der Waals surface area contributed by atoms with E-state index in [1.54, 1.807) is 30.6 Å². The molecule has 0 amide bonds. The molecule has 1 rings (SSSR count). The molecule has 0 saturated carbocycles. The quantitative estimate of drug-likeness (QED) is 0.570. The van der Waals surface area contributed by atoms with Gasteiger partial charge in [0.15, 0.2) is 0 Å². The number of hydrogen-bond donors (Lipinski definition) is 2. The number of dihydropyridines is 1. The molecule has 1 atom stereocenters. The van der Waals surface area contributed by atoms with Crippen molar-refractivity contribution in [1.29, 1.82) is 0 Å². The zero-order chi connectivity index (χ0) is 12.2. The van der Waals surface area contributed by atoms with Crippen molar-refractivity contribution in [1.82, 2.24) is 5.32 Å². The summed E-state index contributed by atoms with van der Waals surface area (Å²) >= 11 is 0. The molecule has 0 bridgehead atoms. The average Bonchev–Trinajstić information content (AvgIpc) is 2.25. The van der Waals surface area contributed by atoms with Gasteiger partial charge < -0.3 is 10.8 Å². The fourth-order valence-corrected chi connectivity index (χ4v) is 3.20. The molecule has 0 saturated heterocycles. The Morgan fingerprint density at radius 2 is 2.00 bits per heavy atom. The van der Waals surface area contributed by atoms with Gasteiger partial charge >= 0.3 is 0 Å². The van der Waals surface area contributed by atoms with Crippen LogP contribution in [-0.4, -0.2) is 23.7 Å². The summed E-state index contributed by atoms with van der Waals surface area (Å²) in [7, 11) is -4.10. The predicted molar refractivity (Wildman–Crippen MR) is 67.9 cm³/mol. The smallest absolute Gasteiger partial charge is 0.269 e. The van der Waals surface area contributed by atoms with Crippen LogP contribution in [0.2, 0.25) is 0 Å². The zero-order valence-electron chi connectivity index (χ0n) is 9.76. The molecule has 0 radical (unpaired) electrons. The summed E-state index contributed by atoms with van der Waals surface area (Å²) in [6.45, 7) is 5.55. The van der Waals surface area contributed by atoms with Crippen molar-refractivity contribution >= 4 is 10.1 Å². The highest BCUT2D eigenvalue weighted by Gasteiger charge is 2.40. The first-order valence-corrected chi connectivity index (χ1v) is 6.68. The first-order chi connectivity index (χ1) is 7.46. The van der Waals surface area contributed by atoms with Crippen molar-refractivity contribution in [2.24, 2.45) is 5.41 Å². The number of rotatable bonds is 5. The second-order valence-electron chi connectivity index (χ2n) is 3.83.